The first-order chi connectivity index (χ1) is 18.2. The van der Waals surface area contributed by atoms with E-state index in [1.807, 2.05) is 0 Å². The number of carbonyl (C=O) groups is 3. The summed E-state index contributed by atoms with van der Waals surface area (Å²) < 4.78 is 12.6. The average Bonchev–Trinajstić information content (AvgIpc) is 3.32. The second-order valence-electron chi connectivity index (χ2n) is 9.45. The quantitative estimate of drug-likeness (QED) is 0.268. The fraction of sp³-hybridized carbons (Fsp3) is 0.652. The Kier molecular flexibility index (Phi) is 8.58. The van der Waals surface area contributed by atoms with E-state index in [4.69, 9.17) is 15.2 Å². The molecule has 2 unspecified atom stereocenters. The van der Waals surface area contributed by atoms with Crippen molar-refractivity contribution in [3.05, 3.63) is 12.2 Å². The number of imidazole rings is 1. The Morgan fingerprint density at radius 1 is 1.29 bits per heavy atom. The van der Waals surface area contributed by atoms with Gasteiger partial charge in [0.15, 0.2) is 23.8 Å². The molecule has 208 valence electrons. The zero-order chi connectivity index (χ0) is 27.4. The number of anilines is 1. The van der Waals surface area contributed by atoms with Crippen LogP contribution >= 0.6 is 0 Å². The predicted octanol–water partition coefficient (Wildman–Crippen LogP) is -1.18. The number of nitrogens with one attached hydrogen (secondary N) is 1. The predicted molar refractivity (Wildman–Crippen MR) is 132 cm³/mol. The van der Waals surface area contributed by atoms with Gasteiger partial charge in [-0.3, -0.25) is 14.2 Å². The molecule has 2 fully saturated rings. The Balaban J connectivity index is 1.36. The van der Waals surface area contributed by atoms with Gasteiger partial charge in [-0.05, 0) is 25.7 Å². The molecule has 2 aliphatic rings. The molecule has 2 aromatic rings. The molecule has 3 atom stereocenters. The standard InChI is InChI=1S/C23H34N8O7/c1-3-25-22(35)19(14(33)10-32)37-12-31-11-26-18-20(24)27-15(28-21(18)31)8-13-4-6-30(7-5-13)23(36)38-17-9-16(34)29(17)2/h11,13-14,17,19,32-33H,3-10,12H2,1-2H3,(H,25,35)(H2,24,27,28)/t14?,17?,19-/m0/s1. The zero-order valence-corrected chi connectivity index (χ0v) is 21.4. The van der Waals surface area contributed by atoms with E-state index in [0.29, 0.717) is 43.0 Å². The first kappa shape index (κ1) is 27.5. The van der Waals surface area contributed by atoms with Gasteiger partial charge in [-0.1, -0.05) is 0 Å². The molecule has 15 nitrogen and oxygen atoms in total. The van der Waals surface area contributed by atoms with E-state index in [9.17, 15) is 24.6 Å². The molecule has 15 heteroatoms. The van der Waals surface area contributed by atoms with E-state index in [0.717, 1.165) is 12.8 Å². The van der Waals surface area contributed by atoms with Crippen LogP contribution in [0.25, 0.3) is 11.2 Å². The van der Waals surface area contributed by atoms with Crippen LogP contribution in [0.3, 0.4) is 0 Å². The van der Waals surface area contributed by atoms with Crippen LogP contribution in [-0.4, -0.2) is 109 Å². The summed E-state index contributed by atoms with van der Waals surface area (Å²) in [5, 5.41) is 21.9. The number of aliphatic hydroxyl groups excluding tert-OH is 2. The summed E-state index contributed by atoms with van der Waals surface area (Å²) in [6.45, 7) is 2.32. The number of β-lactam (4-membered cyclic amide) rings is 1. The van der Waals surface area contributed by atoms with Crippen molar-refractivity contribution in [3.63, 3.8) is 0 Å². The molecule has 4 heterocycles. The number of hydrogen-bond donors (Lipinski definition) is 4. The SMILES string of the molecule is CCNC(=O)[C@@H](OCn1cnc2c(N)nc(CC3CCN(C(=O)OC4CC(=O)N4C)CC3)nc21)C(O)CO. The van der Waals surface area contributed by atoms with Gasteiger partial charge in [-0.15, -0.1) is 0 Å². The maximum atomic E-state index is 12.4. The van der Waals surface area contributed by atoms with Crippen LogP contribution in [0.5, 0.6) is 0 Å². The Morgan fingerprint density at radius 2 is 2.03 bits per heavy atom. The molecule has 2 aliphatic heterocycles. The number of hydrogen-bond acceptors (Lipinski definition) is 11. The van der Waals surface area contributed by atoms with Crippen molar-refractivity contribution >= 4 is 34.9 Å². The van der Waals surface area contributed by atoms with Crippen molar-refractivity contribution in [2.24, 2.45) is 5.92 Å². The first-order valence-electron chi connectivity index (χ1n) is 12.6. The summed E-state index contributed by atoms with van der Waals surface area (Å²) in [5.74, 6) is 0.355. The maximum Gasteiger partial charge on any atom is 0.411 e. The first-order valence-corrected chi connectivity index (χ1v) is 12.6. The highest BCUT2D eigenvalue weighted by atomic mass is 16.6. The number of amides is 3. The third kappa shape index (κ3) is 5.95. The number of rotatable bonds is 10. The van der Waals surface area contributed by atoms with Crippen LogP contribution in [-0.2, 0) is 32.2 Å². The third-order valence-electron chi connectivity index (χ3n) is 6.83. The lowest BCUT2D eigenvalue weighted by atomic mass is 9.93. The average molecular weight is 535 g/mol. The Bertz CT molecular complexity index is 1170. The number of aliphatic hydroxyl groups is 2. The van der Waals surface area contributed by atoms with Crippen molar-refractivity contribution < 1.29 is 34.1 Å². The van der Waals surface area contributed by atoms with Gasteiger partial charge in [0.25, 0.3) is 5.91 Å². The molecule has 3 amide bonds. The van der Waals surface area contributed by atoms with Gasteiger partial charge in [-0.2, -0.15) is 0 Å². The number of nitrogen functional groups attached to an aromatic ring is 1. The van der Waals surface area contributed by atoms with Crippen LogP contribution in [0, 0.1) is 5.92 Å². The largest absolute Gasteiger partial charge is 0.425 e. The summed E-state index contributed by atoms with van der Waals surface area (Å²) in [5.41, 5.74) is 6.93. The summed E-state index contributed by atoms with van der Waals surface area (Å²) in [6.07, 6.45) is 0.0811. The second kappa shape index (κ2) is 11.9. The number of likely N-dealkylation sites (N-methyl/N-ethyl adjacent to an activating group) is 1. The molecule has 2 saturated heterocycles. The van der Waals surface area contributed by atoms with Crippen LogP contribution in [0.2, 0.25) is 0 Å². The van der Waals surface area contributed by atoms with E-state index in [2.05, 4.69) is 20.3 Å². The van der Waals surface area contributed by atoms with Gasteiger partial charge in [-0.25, -0.2) is 19.7 Å². The highest BCUT2D eigenvalue weighted by Gasteiger charge is 2.37. The number of piperidine rings is 1. The number of carbonyl (C=O) groups excluding carboxylic acids is 3. The van der Waals surface area contributed by atoms with E-state index < -0.39 is 37.0 Å². The lowest BCUT2D eigenvalue weighted by Crippen LogP contribution is -2.54. The number of likely N-dealkylation sites (tertiary alicyclic amines) is 2. The molecule has 0 saturated carbocycles. The van der Waals surface area contributed by atoms with E-state index in [1.165, 1.54) is 11.2 Å². The number of fused-ring (bicyclic) bond motifs is 1. The smallest absolute Gasteiger partial charge is 0.411 e. The molecule has 4 rings (SSSR count). The molecule has 0 aromatic carbocycles. The number of ether oxygens (including phenoxy) is 2. The third-order valence-corrected chi connectivity index (χ3v) is 6.83. The Morgan fingerprint density at radius 3 is 2.66 bits per heavy atom. The van der Waals surface area contributed by atoms with Gasteiger partial charge in [0.1, 0.15) is 24.2 Å². The van der Waals surface area contributed by atoms with Crippen molar-refractivity contribution in [3.8, 4) is 0 Å². The van der Waals surface area contributed by atoms with Gasteiger partial charge in [0.05, 0.1) is 19.4 Å². The van der Waals surface area contributed by atoms with Crippen molar-refractivity contribution in [2.45, 2.75) is 57.8 Å². The lowest BCUT2D eigenvalue weighted by Gasteiger charge is -2.38. The molecular weight excluding hydrogens is 500 g/mol. The Hall–Kier alpha value is -3.56. The van der Waals surface area contributed by atoms with Crippen LogP contribution < -0.4 is 11.1 Å². The minimum absolute atomic E-state index is 0.0461. The molecule has 0 spiro atoms. The van der Waals surface area contributed by atoms with Crippen LogP contribution in [0.15, 0.2) is 6.33 Å². The van der Waals surface area contributed by atoms with Gasteiger partial charge in [0, 0.05) is 33.1 Å². The number of nitrogens with zero attached hydrogens (tertiary/aromatic N) is 6. The molecule has 5 N–H and O–H groups in total. The van der Waals surface area contributed by atoms with E-state index >= 15 is 0 Å². The molecular formula is C23H34N8O7. The van der Waals surface area contributed by atoms with E-state index in [-0.39, 0.29) is 30.8 Å². The minimum Gasteiger partial charge on any atom is -0.425 e. The van der Waals surface area contributed by atoms with Crippen LogP contribution in [0.1, 0.15) is 32.0 Å². The highest BCUT2D eigenvalue weighted by Crippen LogP contribution is 2.25. The van der Waals surface area contributed by atoms with Crippen LogP contribution in [0.4, 0.5) is 10.6 Å². The fourth-order valence-electron chi connectivity index (χ4n) is 4.46. The van der Waals surface area contributed by atoms with Gasteiger partial charge < -0.3 is 40.5 Å². The highest BCUT2D eigenvalue weighted by molar-refractivity contribution is 5.83. The summed E-state index contributed by atoms with van der Waals surface area (Å²) in [7, 11) is 1.61. The van der Waals surface area contributed by atoms with Gasteiger partial charge >= 0.3 is 6.09 Å². The molecule has 0 radical (unpaired) electrons. The summed E-state index contributed by atoms with van der Waals surface area (Å²) in [6, 6.07) is 0. The number of nitrogens with two attached hydrogens (primary N) is 1. The molecule has 2 aromatic heterocycles. The lowest BCUT2D eigenvalue weighted by molar-refractivity contribution is -0.161. The topological polar surface area (TPSA) is 198 Å². The van der Waals surface area contributed by atoms with Crippen molar-refractivity contribution in [1.82, 2.24) is 34.6 Å². The summed E-state index contributed by atoms with van der Waals surface area (Å²) >= 11 is 0. The maximum absolute atomic E-state index is 12.4. The molecule has 38 heavy (non-hydrogen) atoms. The summed E-state index contributed by atoms with van der Waals surface area (Å²) in [4.78, 5) is 52.3. The fourth-order valence-corrected chi connectivity index (χ4v) is 4.46. The zero-order valence-electron chi connectivity index (χ0n) is 21.4. The minimum atomic E-state index is -1.40. The van der Waals surface area contributed by atoms with E-state index in [1.54, 1.807) is 23.4 Å². The molecule has 0 bridgehead atoms. The second-order valence-corrected chi connectivity index (χ2v) is 9.45. The normalized spacial score (nSPS) is 19.8. The van der Waals surface area contributed by atoms with Crippen molar-refractivity contribution in [1.29, 1.82) is 0 Å². The molecule has 0 aliphatic carbocycles. The monoisotopic (exact) mass is 534 g/mol. The Labute approximate surface area is 218 Å². The number of aromatic nitrogens is 4. The van der Waals surface area contributed by atoms with Gasteiger partial charge in [0.2, 0.25) is 5.91 Å². The van der Waals surface area contributed by atoms with Crippen molar-refractivity contribution in [2.75, 3.05) is 39.0 Å².